The van der Waals surface area contributed by atoms with Gasteiger partial charge in [-0.1, -0.05) is 0 Å². The quantitative estimate of drug-likeness (QED) is 0.792. The van der Waals surface area contributed by atoms with Crippen LogP contribution in [0, 0.1) is 5.82 Å². The molecule has 0 radical (unpaired) electrons. The molecule has 1 aromatic carbocycles. The zero-order valence-electron chi connectivity index (χ0n) is 14.8. The van der Waals surface area contributed by atoms with Gasteiger partial charge in [-0.3, -0.25) is 14.6 Å². The highest BCUT2D eigenvalue weighted by Gasteiger charge is 2.42. The van der Waals surface area contributed by atoms with Crippen LogP contribution in [0.3, 0.4) is 0 Å². The molecule has 6 nitrogen and oxygen atoms in total. The van der Waals surface area contributed by atoms with Crippen molar-refractivity contribution in [2.45, 2.75) is 24.9 Å². The maximum Gasteiger partial charge on any atom is 0.265 e. The van der Waals surface area contributed by atoms with Crippen LogP contribution in [-0.2, 0) is 9.53 Å². The predicted octanol–water partition coefficient (Wildman–Crippen LogP) is 2.71. The van der Waals surface area contributed by atoms with Crippen LogP contribution in [0.4, 0.5) is 10.1 Å². The van der Waals surface area contributed by atoms with Crippen LogP contribution >= 0.6 is 11.3 Å². The number of aromatic nitrogens is 1. The molecule has 1 spiro atoms. The maximum absolute atomic E-state index is 13.2. The van der Waals surface area contributed by atoms with E-state index in [4.69, 9.17) is 4.74 Å². The Hall–Kier alpha value is -2.32. The van der Waals surface area contributed by atoms with Crippen molar-refractivity contribution < 1.29 is 18.7 Å². The topological polar surface area (TPSA) is 62.7 Å². The molecule has 142 valence electrons. The monoisotopic (exact) mass is 389 g/mol. The van der Waals surface area contributed by atoms with Crippen molar-refractivity contribution in [2.24, 2.45) is 0 Å². The fourth-order valence-electron chi connectivity index (χ4n) is 3.72. The number of hydrogen-bond donors (Lipinski definition) is 0. The SMILES string of the molecule is O=C(c1cncs1)N1CCCC2(CC1)CN(c1ccc(F)cc1)C(=O)CO2. The molecule has 8 heteroatoms. The first kappa shape index (κ1) is 18.1. The molecule has 4 rings (SSSR count). The lowest BCUT2D eigenvalue weighted by Gasteiger charge is -2.42. The number of nitrogens with zero attached hydrogens (tertiary/aromatic N) is 3. The molecule has 0 bridgehead atoms. The van der Waals surface area contributed by atoms with Crippen molar-refractivity contribution in [3.05, 3.63) is 46.7 Å². The lowest BCUT2D eigenvalue weighted by atomic mass is 9.92. The molecule has 3 heterocycles. The molecule has 0 saturated carbocycles. The van der Waals surface area contributed by atoms with E-state index in [1.165, 1.54) is 23.5 Å². The molecule has 0 N–H and O–H groups in total. The molecule has 2 aromatic rings. The second-order valence-electron chi connectivity index (χ2n) is 6.94. The summed E-state index contributed by atoms with van der Waals surface area (Å²) in [6, 6.07) is 5.94. The molecular formula is C19H20FN3O3S. The van der Waals surface area contributed by atoms with Gasteiger partial charge in [0.15, 0.2) is 0 Å². The number of amides is 2. The van der Waals surface area contributed by atoms with E-state index < -0.39 is 5.60 Å². The molecule has 1 aromatic heterocycles. The summed E-state index contributed by atoms with van der Waals surface area (Å²) in [5, 5.41) is 0. The minimum absolute atomic E-state index is 0.000166. The molecule has 2 aliphatic heterocycles. The second kappa shape index (κ2) is 7.36. The van der Waals surface area contributed by atoms with Crippen LogP contribution < -0.4 is 4.90 Å². The number of halogens is 1. The summed E-state index contributed by atoms with van der Waals surface area (Å²) in [6.07, 6.45) is 3.82. The summed E-state index contributed by atoms with van der Waals surface area (Å²) < 4.78 is 19.2. The Morgan fingerprint density at radius 1 is 1.22 bits per heavy atom. The first-order valence-corrected chi connectivity index (χ1v) is 9.82. The molecule has 0 aliphatic carbocycles. The van der Waals surface area contributed by atoms with Gasteiger partial charge in [-0.25, -0.2) is 4.39 Å². The van der Waals surface area contributed by atoms with Crippen molar-refractivity contribution in [2.75, 3.05) is 31.1 Å². The summed E-state index contributed by atoms with van der Waals surface area (Å²) in [7, 11) is 0. The van der Waals surface area contributed by atoms with E-state index in [0.29, 0.717) is 36.6 Å². The fraction of sp³-hybridized carbons (Fsp3) is 0.421. The largest absolute Gasteiger partial charge is 0.363 e. The molecule has 2 fully saturated rings. The second-order valence-corrected chi connectivity index (χ2v) is 7.83. The van der Waals surface area contributed by atoms with E-state index in [2.05, 4.69) is 4.98 Å². The van der Waals surface area contributed by atoms with E-state index in [1.807, 2.05) is 4.90 Å². The van der Waals surface area contributed by atoms with E-state index in [0.717, 1.165) is 12.8 Å². The van der Waals surface area contributed by atoms with Gasteiger partial charge in [0.1, 0.15) is 17.3 Å². The third-order valence-electron chi connectivity index (χ3n) is 5.22. The molecule has 1 atom stereocenters. The number of hydrogen-bond acceptors (Lipinski definition) is 5. The molecular weight excluding hydrogens is 369 g/mol. The predicted molar refractivity (Wildman–Crippen MR) is 99.3 cm³/mol. The zero-order valence-corrected chi connectivity index (χ0v) is 15.6. The highest BCUT2D eigenvalue weighted by molar-refractivity contribution is 7.11. The van der Waals surface area contributed by atoms with Gasteiger partial charge in [-0.15, -0.1) is 11.3 Å². The van der Waals surface area contributed by atoms with E-state index in [9.17, 15) is 14.0 Å². The molecule has 27 heavy (non-hydrogen) atoms. The first-order valence-electron chi connectivity index (χ1n) is 8.94. The Kier molecular flexibility index (Phi) is 4.92. The molecule has 2 aliphatic rings. The first-order chi connectivity index (χ1) is 13.1. The van der Waals surface area contributed by atoms with Crippen LogP contribution in [0.5, 0.6) is 0 Å². The summed E-state index contributed by atoms with van der Waals surface area (Å²) in [5.41, 5.74) is 1.85. The van der Waals surface area contributed by atoms with Crippen LogP contribution in [0.1, 0.15) is 28.9 Å². The zero-order chi connectivity index (χ0) is 18.9. The van der Waals surface area contributed by atoms with Crippen LogP contribution in [0.15, 0.2) is 36.0 Å². The number of carbonyl (C=O) groups excluding carboxylic acids is 2. The number of benzene rings is 1. The van der Waals surface area contributed by atoms with Crippen LogP contribution in [0.25, 0.3) is 0 Å². The highest BCUT2D eigenvalue weighted by atomic mass is 32.1. The van der Waals surface area contributed by atoms with Crippen molar-refractivity contribution in [3.8, 4) is 0 Å². The Morgan fingerprint density at radius 2 is 2.04 bits per heavy atom. The average molecular weight is 389 g/mol. The average Bonchev–Trinajstić information content (AvgIpc) is 3.14. The third-order valence-corrected chi connectivity index (χ3v) is 5.98. The van der Waals surface area contributed by atoms with Crippen molar-refractivity contribution in [1.82, 2.24) is 9.88 Å². The Labute approximate surface area is 160 Å². The molecule has 2 saturated heterocycles. The minimum atomic E-state index is -0.481. The van der Waals surface area contributed by atoms with Gasteiger partial charge in [0.05, 0.1) is 23.9 Å². The number of anilines is 1. The number of rotatable bonds is 2. The van der Waals surface area contributed by atoms with Gasteiger partial charge in [0.25, 0.3) is 11.8 Å². The standard InChI is InChI=1S/C19H20FN3O3S/c20-14-2-4-15(5-3-14)23-12-19(26-11-17(23)24)6-1-8-22(9-7-19)18(25)16-10-21-13-27-16/h2-5,10,13H,1,6-9,11-12H2. The minimum Gasteiger partial charge on any atom is -0.363 e. The van der Waals surface area contributed by atoms with Gasteiger partial charge < -0.3 is 14.5 Å². The lowest BCUT2D eigenvalue weighted by molar-refractivity contribution is -0.140. The van der Waals surface area contributed by atoms with Crippen LogP contribution in [0.2, 0.25) is 0 Å². The Bertz CT molecular complexity index is 827. The summed E-state index contributed by atoms with van der Waals surface area (Å²) in [6.45, 7) is 1.65. The third kappa shape index (κ3) is 3.72. The van der Waals surface area contributed by atoms with E-state index in [1.54, 1.807) is 28.7 Å². The number of ether oxygens (including phenoxy) is 1. The smallest absolute Gasteiger partial charge is 0.265 e. The highest BCUT2D eigenvalue weighted by Crippen LogP contribution is 2.33. The van der Waals surface area contributed by atoms with Gasteiger partial charge in [-0.05, 0) is 43.5 Å². The van der Waals surface area contributed by atoms with Crippen molar-refractivity contribution in [1.29, 1.82) is 0 Å². The van der Waals surface area contributed by atoms with Gasteiger partial charge >= 0.3 is 0 Å². The van der Waals surface area contributed by atoms with Crippen molar-refractivity contribution >= 4 is 28.8 Å². The fourth-order valence-corrected chi connectivity index (χ4v) is 4.31. The van der Waals surface area contributed by atoms with Crippen LogP contribution in [-0.4, -0.2) is 53.5 Å². The Morgan fingerprint density at radius 3 is 2.78 bits per heavy atom. The van der Waals surface area contributed by atoms with Gasteiger partial charge in [-0.2, -0.15) is 0 Å². The van der Waals surface area contributed by atoms with E-state index in [-0.39, 0.29) is 24.2 Å². The van der Waals surface area contributed by atoms with E-state index >= 15 is 0 Å². The number of morpholine rings is 1. The van der Waals surface area contributed by atoms with Crippen molar-refractivity contribution in [3.63, 3.8) is 0 Å². The summed E-state index contributed by atoms with van der Waals surface area (Å²) in [5.74, 6) is -0.466. The summed E-state index contributed by atoms with van der Waals surface area (Å²) >= 11 is 1.34. The number of thiazole rings is 1. The number of likely N-dealkylation sites (tertiary alicyclic amines) is 1. The normalized spacial score (nSPS) is 23.5. The lowest BCUT2D eigenvalue weighted by Crippen LogP contribution is -2.55. The van der Waals surface area contributed by atoms with Gasteiger partial charge in [0.2, 0.25) is 0 Å². The van der Waals surface area contributed by atoms with Gasteiger partial charge in [0, 0.05) is 18.8 Å². The Balaban J connectivity index is 1.49. The number of carbonyl (C=O) groups is 2. The summed E-state index contributed by atoms with van der Waals surface area (Å²) in [4.78, 5) is 33.1. The molecule has 1 unspecified atom stereocenters. The molecule has 2 amide bonds. The maximum atomic E-state index is 13.2.